The van der Waals surface area contributed by atoms with E-state index in [9.17, 15) is 0 Å². The molecule has 2 N–H and O–H groups in total. The molecule has 16 heavy (non-hydrogen) atoms. The second-order valence-corrected chi connectivity index (χ2v) is 5.41. The molecule has 0 aromatic heterocycles. The normalized spacial score (nSPS) is 28.1. The van der Waals surface area contributed by atoms with Crippen LogP contribution < -0.4 is 5.73 Å². The molecule has 0 unspecified atom stereocenters. The summed E-state index contributed by atoms with van der Waals surface area (Å²) in [5, 5.41) is 0. The fourth-order valence-electron chi connectivity index (χ4n) is 3.40. The Kier molecular flexibility index (Phi) is 4.22. The van der Waals surface area contributed by atoms with Gasteiger partial charge in [-0.25, -0.2) is 0 Å². The van der Waals surface area contributed by atoms with Crippen LogP contribution in [0.15, 0.2) is 0 Å². The molecule has 1 aliphatic carbocycles. The van der Waals surface area contributed by atoms with E-state index in [0.29, 0.717) is 5.54 Å². The average Bonchev–Trinajstić information content (AvgIpc) is 2.39. The summed E-state index contributed by atoms with van der Waals surface area (Å²) in [5.74, 6) is 0. The number of hydrogen-bond acceptors (Lipinski definition) is 3. The molecule has 0 bridgehead atoms. The first-order valence-electron chi connectivity index (χ1n) is 6.98. The van der Waals surface area contributed by atoms with Crippen LogP contribution in [0, 0.1) is 0 Å². The molecule has 0 atom stereocenters. The summed E-state index contributed by atoms with van der Waals surface area (Å²) in [7, 11) is 0. The summed E-state index contributed by atoms with van der Waals surface area (Å²) in [6, 6.07) is 0. The molecule has 1 saturated carbocycles. The maximum Gasteiger partial charge on any atom is 0.0332 e. The highest BCUT2D eigenvalue weighted by Crippen LogP contribution is 2.33. The fourth-order valence-corrected chi connectivity index (χ4v) is 3.40. The third-order valence-electron chi connectivity index (χ3n) is 4.65. The first kappa shape index (κ1) is 12.3. The number of piperazine rings is 1. The lowest BCUT2D eigenvalue weighted by Crippen LogP contribution is -2.60. The van der Waals surface area contributed by atoms with Crippen LogP contribution >= 0.6 is 0 Å². The van der Waals surface area contributed by atoms with Gasteiger partial charge in [-0.05, 0) is 19.4 Å². The summed E-state index contributed by atoms with van der Waals surface area (Å²) in [6.07, 6.45) is 6.83. The van der Waals surface area contributed by atoms with E-state index in [4.69, 9.17) is 5.73 Å². The summed E-state index contributed by atoms with van der Waals surface area (Å²) in [4.78, 5) is 5.24. The van der Waals surface area contributed by atoms with Gasteiger partial charge < -0.3 is 10.6 Å². The largest absolute Gasteiger partial charge is 0.329 e. The van der Waals surface area contributed by atoms with Crippen molar-refractivity contribution in [2.24, 2.45) is 5.73 Å². The van der Waals surface area contributed by atoms with Crippen molar-refractivity contribution in [3.8, 4) is 0 Å². The third-order valence-corrected chi connectivity index (χ3v) is 4.65. The summed E-state index contributed by atoms with van der Waals surface area (Å²) in [5.41, 5.74) is 6.44. The van der Waals surface area contributed by atoms with Crippen molar-refractivity contribution in [1.29, 1.82) is 0 Å². The summed E-state index contributed by atoms with van der Waals surface area (Å²) >= 11 is 0. The first-order chi connectivity index (χ1) is 7.80. The molecule has 0 aromatic carbocycles. The van der Waals surface area contributed by atoms with Gasteiger partial charge in [0, 0.05) is 38.3 Å². The van der Waals surface area contributed by atoms with Crippen LogP contribution in [-0.4, -0.2) is 54.6 Å². The van der Waals surface area contributed by atoms with Gasteiger partial charge in [0.1, 0.15) is 0 Å². The van der Waals surface area contributed by atoms with Gasteiger partial charge >= 0.3 is 0 Å². The van der Waals surface area contributed by atoms with E-state index in [1.54, 1.807) is 0 Å². The molecule has 94 valence electrons. The Morgan fingerprint density at radius 1 is 1.00 bits per heavy atom. The molecule has 2 aliphatic rings. The second kappa shape index (κ2) is 5.48. The van der Waals surface area contributed by atoms with E-state index < -0.39 is 0 Å². The lowest BCUT2D eigenvalue weighted by atomic mass is 9.80. The zero-order valence-corrected chi connectivity index (χ0v) is 10.7. The maximum absolute atomic E-state index is 6.08. The van der Waals surface area contributed by atoms with Gasteiger partial charge in [0.25, 0.3) is 0 Å². The average molecular weight is 225 g/mol. The zero-order chi connectivity index (χ0) is 11.4. The molecule has 2 fully saturated rings. The van der Waals surface area contributed by atoms with Crippen LogP contribution in [0.25, 0.3) is 0 Å². The minimum absolute atomic E-state index is 0.359. The van der Waals surface area contributed by atoms with E-state index in [0.717, 1.165) is 6.54 Å². The molecule has 1 heterocycles. The predicted octanol–water partition coefficient (Wildman–Crippen LogP) is 1.29. The SMILES string of the molecule is CCN1CCN(C2(CN)CCCCC2)CC1. The molecule has 3 nitrogen and oxygen atoms in total. The van der Waals surface area contributed by atoms with Gasteiger partial charge in [0.2, 0.25) is 0 Å². The van der Waals surface area contributed by atoms with Crippen LogP contribution in [0.1, 0.15) is 39.0 Å². The number of nitrogens with zero attached hydrogens (tertiary/aromatic N) is 2. The molecular formula is C13H27N3. The number of nitrogens with two attached hydrogens (primary N) is 1. The summed E-state index contributed by atoms with van der Waals surface area (Å²) in [6.45, 7) is 9.24. The van der Waals surface area contributed by atoms with Crippen LogP contribution in [0.5, 0.6) is 0 Å². The van der Waals surface area contributed by atoms with Gasteiger partial charge in [-0.2, -0.15) is 0 Å². The van der Waals surface area contributed by atoms with Gasteiger partial charge in [0.15, 0.2) is 0 Å². The van der Waals surface area contributed by atoms with E-state index in [2.05, 4.69) is 16.7 Å². The standard InChI is InChI=1S/C13H27N3/c1-2-15-8-10-16(11-9-15)13(12-14)6-4-3-5-7-13/h2-12,14H2,1H3. The van der Waals surface area contributed by atoms with Gasteiger partial charge in [-0.1, -0.05) is 26.2 Å². The van der Waals surface area contributed by atoms with Crippen LogP contribution in [0.2, 0.25) is 0 Å². The Bertz CT molecular complexity index is 203. The van der Waals surface area contributed by atoms with E-state index in [1.807, 2.05) is 0 Å². The first-order valence-corrected chi connectivity index (χ1v) is 6.98. The van der Waals surface area contributed by atoms with Gasteiger partial charge in [0.05, 0.1) is 0 Å². The Hall–Kier alpha value is -0.120. The molecule has 0 amide bonds. The number of likely N-dealkylation sites (N-methyl/N-ethyl adjacent to an activating group) is 1. The summed E-state index contributed by atoms with van der Waals surface area (Å²) < 4.78 is 0. The van der Waals surface area contributed by atoms with Crippen molar-refractivity contribution in [3.63, 3.8) is 0 Å². The topological polar surface area (TPSA) is 32.5 Å². The Balaban J connectivity index is 1.94. The van der Waals surface area contributed by atoms with Gasteiger partial charge in [-0.15, -0.1) is 0 Å². The fraction of sp³-hybridized carbons (Fsp3) is 1.00. The minimum atomic E-state index is 0.359. The highest BCUT2D eigenvalue weighted by molar-refractivity contribution is 4.95. The molecule has 3 heteroatoms. The lowest BCUT2D eigenvalue weighted by Gasteiger charge is -2.49. The van der Waals surface area contributed by atoms with Crippen LogP contribution in [0.3, 0.4) is 0 Å². The molecule has 2 rings (SSSR count). The Morgan fingerprint density at radius 3 is 2.12 bits per heavy atom. The predicted molar refractivity (Wildman–Crippen MR) is 68.6 cm³/mol. The van der Waals surface area contributed by atoms with Crippen LogP contribution in [-0.2, 0) is 0 Å². The molecule has 0 radical (unpaired) electrons. The van der Waals surface area contributed by atoms with Crippen molar-refractivity contribution in [3.05, 3.63) is 0 Å². The van der Waals surface area contributed by atoms with Crippen LogP contribution in [0.4, 0.5) is 0 Å². The number of rotatable bonds is 3. The minimum Gasteiger partial charge on any atom is -0.329 e. The lowest BCUT2D eigenvalue weighted by molar-refractivity contribution is 0.0143. The Morgan fingerprint density at radius 2 is 1.62 bits per heavy atom. The van der Waals surface area contributed by atoms with Crippen molar-refractivity contribution in [2.75, 3.05) is 39.3 Å². The van der Waals surface area contributed by atoms with Crippen molar-refractivity contribution >= 4 is 0 Å². The van der Waals surface area contributed by atoms with E-state index in [-0.39, 0.29) is 0 Å². The van der Waals surface area contributed by atoms with Crippen molar-refractivity contribution in [1.82, 2.24) is 9.80 Å². The molecule has 1 saturated heterocycles. The number of hydrogen-bond donors (Lipinski definition) is 1. The molecule has 0 spiro atoms. The Labute approximate surface area is 100.0 Å². The highest BCUT2D eigenvalue weighted by atomic mass is 15.3. The monoisotopic (exact) mass is 225 g/mol. The quantitative estimate of drug-likeness (QED) is 0.785. The van der Waals surface area contributed by atoms with Crippen molar-refractivity contribution < 1.29 is 0 Å². The molecular weight excluding hydrogens is 198 g/mol. The second-order valence-electron chi connectivity index (χ2n) is 5.41. The smallest absolute Gasteiger partial charge is 0.0332 e. The van der Waals surface area contributed by atoms with Crippen molar-refractivity contribution in [2.45, 2.75) is 44.6 Å². The molecule has 0 aromatic rings. The zero-order valence-electron chi connectivity index (χ0n) is 10.7. The van der Waals surface area contributed by atoms with E-state index in [1.165, 1.54) is 64.8 Å². The third kappa shape index (κ3) is 2.41. The highest BCUT2D eigenvalue weighted by Gasteiger charge is 2.37. The van der Waals surface area contributed by atoms with E-state index >= 15 is 0 Å². The maximum atomic E-state index is 6.08. The molecule has 1 aliphatic heterocycles. The van der Waals surface area contributed by atoms with Gasteiger partial charge in [-0.3, -0.25) is 4.90 Å².